The average Bonchev–Trinajstić information content (AvgIpc) is 3.60. The second-order valence-corrected chi connectivity index (χ2v) is 9.88. The zero-order chi connectivity index (χ0) is 28.8. The molecule has 10 nitrogen and oxygen atoms in total. The highest BCUT2D eigenvalue weighted by Crippen LogP contribution is 2.42. The van der Waals surface area contributed by atoms with Crippen LogP contribution in [0.25, 0.3) is 5.76 Å². The normalized spacial score (nSPS) is 17.6. The van der Waals surface area contributed by atoms with Crippen molar-refractivity contribution in [2.24, 2.45) is 0 Å². The maximum Gasteiger partial charge on any atom is 0.295 e. The number of hydrogen-bond acceptors (Lipinski definition) is 7. The molecule has 10 heteroatoms. The number of aromatic nitrogens is 2. The van der Waals surface area contributed by atoms with Gasteiger partial charge in [-0.1, -0.05) is 31.2 Å². The number of imidazole rings is 1. The number of likely N-dealkylation sites (tertiary alicyclic amines) is 1. The zero-order valence-electron chi connectivity index (χ0n) is 23.4. The number of fused-ring (bicyclic) bond motifs is 1. The molecular formula is C31H35N3O7. The van der Waals surface area contributed by atoms with Crippen molar-refractivity contribution in [1.29, 1.82) is 0 Å². The van der Waals surface area contributed by atoms with Crippen LogP contribution in [0.15, 0.2) is 60.7 Å². The van der Waals surface area contributed by atoms with Gasteiger partial charge in [-0.15, -0.1) is 0 Å². The number of nitrogens with one attached hydrogen (secondary N) is 1. The summed E-state index contributed by atoms with van der Waals surface area (Å²) in [7, 11) is 0. The third-order valence-electron chi connectivity index (χ3n) is 7.09. The van der Waals surface area contributed by atoms with Crippen LogP contribution in [0.1, 0.15) is 50.3 Å². The summed E-state index contributed by atoms with van der Waals surface area (Å²) in [4.78, 5) is 31.4. The number of amides is 1. The number of ether oxygens (including phenoxy) is 4. The molecule has 0 bridgehead atoms. The molecule has 3 heterocycles. The van der Waals surface area contributed by atoms with Gasteiger partial charge in [0.15, 0.2) is 23.0 Å². The van der Waals surface area contributed by atoms with Gasteiger partial charge in [-0.3, -0.25) is 14.6 Å². The summed E-state index contributed by atoms with van der Waals surface area (Å²) in [5.41, 5.74) is 0.762. The number of benzene rings is 2. The second-order valence-electron chi connectivity index (χ2n) is 9.88. The minimum atomic E-state index is -0.879. The van der Waals surface area contributed by atoms with E-state index in [1.54, 1.807) is 36.4 Å². The van der Waals surface area contributed by atoms with Gasteiger partial charge >= 0.3 is 0 Å². The molecule has 0 saturated carbocycles. The van der Waals surface area contributed by atoms with Crippen molar-refractivity contribution in [3.63, 3.8) is 0 Å². The molecule has 5 rings (SSSR count). The maximum absolute atomic E-state index is 13.9. The van der Waals surface area contributed by atoms with Crippen LogP contribution in [-0.4, -0.2) is 54.5 Å². The lowest BCUT2D eigenvalue weighted by molar-refractivity contribution is -0.695. The highest BCUT2D eigenvalue weighted by Gasteiger charge is 2.44. The molecular weight excluding hydrogens is 526 g/mol. The number of aromatic amines is 1. The molecule has 1 aromatic heterocycles. The highest BCUT2D eigenvalue weighted by molar-refractivity contribution is 6.46. The van der Waals surface area contributed by atoms with Gasteiger partial charge in [0.05, 0.1) is 25.8 Å². The van der Waals surface area contributed by atoms with Crippen LogP contribution in [0.4, 0.5) is 0 Å². The number of ketones is 1. The summed E-state index contributed by atoms with van der Waals surface area (Å²) >= 11 is 0. The Bertz CT molecular complexity index is 1420. The van der Waals surface area contributed by atoms with Gasteiger partial charge in [0.25, 0.3) is 5.91 Å². The van der Waals surface area contributed by atoms with Crippen LogP contribution >= 0.6 is 0 Å². The summed E-state index contributed by atoms with van der Waals surface area (Å²) in [6, 6.07) is 9.29. The second kappa shape index (κ2) is 12.8. The number of Topliss-reactive ketones (excluding diaryl/α,β-unsaturated/α-hetero) is 1. The fourth-order valence-corrected chi connectivity index (χ4v) is 5.08. The van der Waals surface area contributed by atoms with E-state index in [0.29, 0.717) is 68.0 Å². The highest BCUT2D eigenvalue weighted by atomic mass is 16.6. The molecule has 1 fully saturated rings. The molecule has 2 aliphatic heterocycles. The van der Waals surface area contributed by atoms with Crippen LogP contribution < -0.4 is 28.6 Å². The van der Waals surface area contributed by atoms with E-state index in [-0.39, 0.29) is 17.7 Å². The SMILES string of the molecule is CCCCOc1ccc(C2C(=C([O-])c3ccc4c(c3)OCCO4)C(=O)C(=O)N2CCC[n+]2cc[nH]c2)cc1OCC. The Morgan fingerprint density at radius 1 is 1.05 bits per heavy atom. The summed E-state index contributed by atoms with van der Waals surface area (Å²) in [5.74, 6) is 0.0306. The molecule has 1 N–H and O–H groups in total. The number of aryl methyl sites for hydroxylation is 1. The van der Waals surface area contributed by atoms with E-state index < -0.39 is 23.5 Å². The lowest BCUT2D eigenvalue weighted by atomic mass is 9.94. The van der Waals surface area contributed by atoms with E-state index in [9.17, 15) is 14.7 Å². The van der Waals surface area contributed by atoms with Crippen LogP contribution in [-0.2, 0) is 16.1 Å². The lowest BCUT2D eigenvalue weighted by Crippen LogP contribution is -2.36. The summed E-state index contributed by atoms with van der Waals surface area (Å²) in [5, 5.41) is 13.9. The molecule has 2 aliphatic rings. The number of H-pyrrole nitrogens is 1. The molecule has 0 radical (unpaired) electrons. The predicted molar refractivity (Wildman–Crippen MR) is 147 cm³/mol. The van der Waals surface area contributed by atoms with Crippen molar-refractivity contribution in [2.75, 3.05) is 33.0 Å². The molecule has 2 aromatic carbocycles. The monoisotopic (exact) mass is 561 g/mol. The van der Waals surface area contributed by atoms with Gasteiger partial charge in [-0.25, -0.2) is 4.57 Å². The van der Waals surface area contributed by atoms with E-state index in [1.807, 2.05) is 30.2 Å². The number of nitrogens with zero attached hydrogens (tertiary/aromatic N) is 2. The summed E-state index contributed by atoms with van der Waals surface area (Å²) < 4.78 is 25.0. The topological polar surface area (TPSA) is 117 Å². The molecule has 1 amide bonds. The first-order chi connectivity index (χ1) is 20.0. The van der Waals surface area contributed by atoms with Gasteiger partial charge < -0.3 is 29.0 Å². The minimum absolute atomic E-state index is 0.0944. The van der Waals surface area contributed by atoms with Crippen molar-refractivity contribution >= 4 is 17.4 Å². The van der Waals surface area contributed by atoms with Crippen molar-refractivity contribution in [3.05, 3.63) is 71.8 Å². The Morgan fingerprint density at radius 2 is 1.88 bits per heavy atom. The number of unbranched alkanes of at least 4 members (excludes halogenated alkanes) is 1. The van der Waals surface area contributed by atoms with Gasteiger partial charge in [0, 0.05) is 18.5 Å². The Hall–Kier alpha value is -4.47. The Labute approximate surface area is 239 Å². The largest absolute Gasteiger partial charge is 0.872 e. The Morgan fingerprint density at radius 3 is 2.63 bits per heavy atom. The molecule has 0 spiro atoms. The zero-order valence-corrected chi connectivity index (χ0v) is 23.4. The molecule has 1 saturated heterocycles. The van der Waals surface area contributed by atoms with E-state index in [0.717, 1.165) is 12.8 Å². The van der Waals surface area contributed by atoms with Crippen molar-refractivity contribution in [2.45, 2.75) is 45.7 Å². The van der Waals surface area contributed by atoms with Gasteiger partial charge in [-0.05, 0) is 48.7 Å². The van der Waals surface area contributed by atoms with E-state index in [4.69, 9.17) is 18.9 Å². The quantitative estimate of drug-likeness (QED) is 0.119. The molecule has 1 atom stereocenters. The van der Waals surface area contributed by atoms with Crippen LogP contribution in [0, 0.1) is 0 Å². The summed E-state index contributed by atoms with van der Waals surface area (Å²) in [6.07, 6.45) is 8.00. The van der Waals surface area contributed by atoms with Gasteiger partial charge in [0.2, 0.25) is 12.1 Å². The fourth-order valence-electron chi connectivity index (χ4n) is 5.08. The Kier molecular flexibility index (Phi) is 8.76. The number of carbonyl (C=O) groups excluding carboxylic acids is 2. The molecule has 216 valence electrons. The first-order valence-corrected chi connectivity index (χ1v) is 14.1. The molecule has 0 aliphatic carbocycles. The molecule has 1 unspecified atom stereocenters. The third kappa shape index (κ3) is 6.01. The molecule has 3 aromatic rings. The average molecular weight is 562 g/mol. The smallest absolute Gasteiger partial charge is 0.295 e. The van der Waals surface area contributed by atoms with E-state index in [1.165, 1.54) is 4.90 Å². The minimum Gasteiger partial charge on any atom is -0.872 e. The maximum atomic E-state index is 13.9. The van der Waals surface area contributed by atoms with E-state index >= 15 is 0 Å². The summed E-state index contributed by atoms with van der Waals surface area (Å²) in [6.45, 7) is 6.60. The Balaban J connectivity index is 1.55. The number of carbonyl (C=O) groups is 2. The standard InChI is InChI=1S/C31H35N3O7/c1-3-5-15-39-23-9-7-21(18-25(23)38-4-2)28-27(29(35)22-8-10-24-26(19-22)41-17-16-40-24)30(36)31(37)34(28)13-6-12-33-14-11-32-20-33/h7-11,14,18-20,28H,3-6,12-13,15-17H2,1-2H3,(H,35,36). The van der Waals surface area contributed by atoms with Crippen LogP contribution in [0.5, 0.6) is 23.0 Å². The number of rotatable bonds is 12. The van der Waals surface area contributed by atoms with Crippen molar-refractivity contribution in [3.8, 4) is 23.0 Å². The van der Waals surface area contributed by atoms with Crippen LogP contribution in [0.2, 0.25) is 0 Å². The van der Waals surface area contributed by atoms with Gasteiger partial charge in [-0.2, -0.15) is 0 Å². The predicted octanol–water partition coefficient (Wildman–Crippen LogP) is 2.97. The fraction of sp³-hybridized carbons (Fsp3) is 0.387. The first kappa shape index (κ1) is 28.1. The van der Waals surface area contributed by atoms with Gasteiger partial charge in [0.1, 0.15) is 25.6 Å². The van der Waals surface area contributed by atoms with Crippen molar-refractivity contribution < 1.29 is 38.2 Å². The van der Waals surface area contributed by atoms with Crippen molar-refractivity contribution in [1.82, 2.24) is 9.88 Å². The first-order valence-electron chi connectivity index (χ1n) is 14.1. The molecule has 41 heavy (non-hydrogen) atoms. The van der Waals surface area contributed by atoms with Crippen LogP contribution in [0.3, 0.4) is 0 Å². The number of hydrogen-bond donors (Lipinski definition) is 1. The lowest BCUT2D eigenvalue weighted by Gasteiger charge is -2.28. The third-order valence-corrected chi connectivity index (χ3v) is 7.09. The van der Waals surface area contributed by atoms with E-state index in [2.05, 4.69) is 11.9 Å².